The van der Waals surface area contributed by atoms with Crippen molar-refractivity contribution >= 4 is 5.97 Å². The molecule has 1 aromatic carbocycles. The summed E-state index contributed by atoms with van der Waals surface area (Å²) in [7, 11) is 0. The van der Waals surface area contributed by atoms with E-state index in [0.29, 0.717) is 0 Å². The van der Waals surface area contributed by atoms with E-state index in [1.807, 2.05) is 11.0 Å². The van der Waals surface area contributed by atoms with Crippen molar-refractivity contribution in [3.8, 4) is 0 Å². The van der Waals surface area contributed by atoms with Crippen molar-refractivity contribution in [3.63, 3.8) is 0 Å². The van der Waals surface area contributed by atoms with Gasteiger partial charge in [0.05, 0.1) is 12.6 Å². The van der Waals surface area contributed by atoms with Crippen LogP contribution in [0.2, 0.25) is 0 Å². The van der Waals surface area contributed by atoms with Crippen molar-refractivity contribution in [3.05, 3.63) is 35.9 Å². The summed E-state index contributed by atoms with van der Waals surface area (Å²) < 4.78 is 5.80. The van der Waals surface area contributed by atoms with Gasteiger partial charge < -0.3 is 9.84 Å². The summed E-state index contributed by atoms with van der Waals surface area (Å²) in [5.41, 5.74) is 1.34. The number of aryl methyl sites for hydroxylation is 1. The Kier molecular flexibility index (Phi) is 5.36. The third kappa shape index (κ3) is 5.01. The van der Waals surface area contributed by atoms with Gasteiger partial charge in [0.2, 0.25) is 0 Å². The first-order chi connectivity index (χ1) is 9.24. The predicted molar refractivity (Wildman–Crippen MR) is 73.2 cm³/mol. The highest BCUT2D eigenvalue weighted by Gasteiger charge is 2.24. The van der Waals surface area contributed by atoms with Crippen molar-refractivity contribution < 1.29 is 14.6 Å². The van der Waals surface area contributed by atoms with Crippen LogP contribution in [0.4, 0.5) is 0 Å². The second-order valence-corrected chi connectivity index (χ2v) is 5.00. The van der Waals surface area contributed by atoms with Crippen LogP contribution in [-0.2, 0) is 16.0 Å². The molecule has 1 aromatic rings. The minimum atomic E-state index is -0.760. The maximum Gasteiger partial charge on any atom is 0.317 e. The van der Waals surface area contributed by atoms with Gasteiger partial charge in [0, 0.05) is 19.7 Å². The van der Waals surface area contributed by atoms with Crippen LogP contribution in [0.5, 0.6) is 0 Å². The number of rotatable bonds is 7. The van der Waals surface area contributed by atoms with Gasteiger partial charge in [0.15, 0.2) is 0 Å². The van der Waals surface area contributed by atoms with Crippen LogP contribution in [-0.4, -0.2) is 48.3 Å². The summed E-state index contributed by atoms with van der Waals surface area (Å²) in [6.45, 7) is 2.46. The average molecular weight is 263 g/mol. The Morgan fingerprint density at radius 3 is 2.89 bits per heavy atom. The van der Waals surface area contributed by atoms with Crippen molar-refractivity contribution in [2.24, 2.45) is 0 Å². The molecular formula is C15H21NO3. The number of hydrogen-bond acceptors (Lipinski definition) is 3. The van der Waals surface area contributed by atoms with E-state index < -0.39 is 5.97 Å². The summed E-state index contributed by atoms with van der Waals surface area (Å²) in [6.07, 6.45) is 3.19. The zero-order chi connectivity index (χ0) is 13.5. The molecular weight excluding hydrogens is 242 g/mol. The van der Waals surface area contributed by atoms with Crippen LogP contribution in [0, 0.1) is 0 Å². The minimum Gasteiger partial charge on any atom is -0.480 e. The highest BCUT2D eigenvalue weighted by Crippen LogP contribution is 2.13. The summed E-state index contributed by atoms with van der Waals surface area (Å²) in [6, 6.07) is 10.4. The Labute approximate surface area is 114 Å². The molecule has 1 aliphatic rings. The number of nitrogens with zero attached hydrogens (tertiary/aromatic N) is 1. The van der Waals surface area contributed by atoms with E-state index >= 15 is 0 Å². The van der Waals surface area contributed by atoms with Gasteiger partial charge in [-0.25, -0.2) is 0 Å². The molecule has 1 heterocycles. The van der Waals surface area contributed by atoms with Gasteiger partial charge in [0.25, 0.3) is 0 Å². The molecule has 0 amide bonds. The summed E-state index contributed by atoms with van der Waals surface area (Å²) in [5.74, 6) is -0.760. The van der Waals surface area contributed by atoms with E-state index in [-0.39, 0.29) is 12.6 Å². The Morgan fingerprint density at radius 2 is 2.16 bits per heavy atom. The van der Waals surface area contributed by atoms with Crippen molar-refractivity contribution in [1.82, 2.24) is 4.90 Å². The molecule has 0 aromatic heterocycles. The first-order valence-corrected chi connectivity index (χ1v) is 6.84. The van der Waals surface area contributed by atoms with E-state index in [0.717, 1.165) is 39.0 Å². The molecule has 104 valence electrons. The number of likely N-dealkylation sites (tertiary alicyclic amines) is 1. The number of carboxylic acid groups (broad SMARTS) is 1. The molecule has 0 spiro atoms. The van der Waals surface area contributed by atoms with Gasteiger partial charge in [-0.05, 0) is 24.8 Å². The molecule has 4 nitrogen and oxygen atoms in total. The van der Waals surface area contributed by atoms with E-state index in [1.165, 1.54) is 5.56 Å². The van der Waals surface area contributed by atoms with Crippen molar-refractivity contribution in [2.75, 3.05) is 26.2 Å². The normalized spacial score (nSPS) is 19.7. The van der Waals surface area contributed by atoms with E-state index in [9.17, 15) is 4.79 Å². The first kappa shape index (κ1) is 14.0. The zero-order valence-electron chi connectivity index (χ0n) is 11.1. The number of carbonyl (C=O) groups is 1. The molecule has 0 unspecified atom stereocenters. The molecule has 19 heavy (non-hydrogen) atoms. The molecule has 1 fully saturated rings. The smallest absolute Gasteiger partial charge is 0.317 e. The van der Waals surface area contributed by atoms with Gasteiger partial charge in [-0.2, -0.15) is 0 Å². The third-order valence-electron chi connectivity index (χ3n) is 3.39. The third-order valence-corrected chi connectivity index (χ3v) is 3.39. The highest BCUT2D eigenvalue weighted by molar-refractivity contribution is 5.69. The fourth-order valence-corrected chi connectivity index (χ4v) is 2.44. The molecule has 1 aliphatic heterocycles. The molecule has 4 heteroatoms. The second-order valence-electron chi connectivity index (χ2n) is 5.00. The standard InChI is InChI=1S/C15H21NO3/c17-15(18)12-16-9-8-14(11-16)19-10-4-7-13-5-2-1-3-6-13/h1-3,5-6,14H,4,7-12H2,(H,17,18)/t14-/m1/s1. The molecule has 0 saturated carbocycles. The summed E-state index contributed by atoms with van der Waals surface area (Å²) >= 11 is 0. The van der Waals surface area contributed by atoms with Crippen LogP contribution in [0.15, 0.2) is 30.3 Å². The molecule has 0 radical (unpaired) electrons. The molecule has 0 bridgehead atoms. The Bertz CT molecular complexity index is 394. The van der Waals surface area contributed by atoms with Gasteiger partial charge in [-0.15, -0.1) is 0 Å². The Morgan fingerprint density at radius 1 is 1.37 bits per heavy atom. The summed E-state index contributed by atoms with van der Waals surface area (Å²) in [4.78, 5) is 12.5. The lowest BCUT2D eigenvalue weighted by atomic mass is 10.1. The SMILES string of the molecule is O=C(O)CN1CC[C@@H](OCCCc2ccccc2)C1. The van der Waals surface area contributed by atoms with Gasteiger partial charge >= 0.3 is 5.97 Å². The minimum absolute atomic E-state index is 0.129. The second kappa shape index (κ2) is 7.26. The topological polar surface area (TPSA) is 49.8 Å². The molecule has 1 N–H and O–H groups in total. The summed E-state index contributed by atoms with van der Waals surface area (Å²) in [5, 5.41) is 8.72. The molecule has 1 saturated heterocycles. The highest BCUT2D eigenvalue weighted by atomic mass is 16.5. The number of benzene rings is 1. The number of carboxylic acids is 1. The van der Waals surface area contributed by atoms with Gasteiger partial charge in [-0.1, -0.05) is 30.3 Å². The molecule has 0 aliphatic carbocycles. The fraction of sp³-hybridized carbons (Fsp3) is 0.533. The lowest BCUT2D eigenvalue weighted by Crippen LogP contribution is -2.29. The lowest BCUT2D eigenvalue weighted by Gasteiger charge is -2.14. The quantitative estimate of drug-likeness (QED) is 0.762. The van der Waals surface area contributed by atoms with E-state index in [1.54, 1.807) is 0 Å². The van der Waals surface area contributed by atoms with Gasteiger partial charge in [-0.3, -0.25) is 9.69 Å². The van der Waals surface area contributed by atoms with E-state index in [4.69, 9.17) is 9.84 Å². The number of hydrogen-bond donors (Lipinski definition) is 1. The Hall–Kier alpha value is -1.39. The van der Waals surface area contributed by atoms with Crippen molar-refractivity contribution in [1.29, 1.82) is 0 Å². The van der Waals surface area contributed by atoms with Crippen molar-refractivity contribution in [2.45, 2.75) is 25.4 Å². The molecule has 2 rings (SSSR count). The van der Waals surface area contributed by atoms with Crippen LogP contribution in [0.3, 0.4) is 0 Å². The molecule has 1 atom stereocenters. The Balaban J connectivity index is 1.58. The predicted octanol–water partition coefficient (Wildman–Crippen LogP) is 1.79. The maximum absolute atomic E-state index is 10.6. The van der Waals surface area contributed by atoms with Crippen LogP contribution in [0.1, 0.15) is 18.4 Å². The largest absolute Gasteiger partial charge is 0.480 e. The fourth-order valence-electron chi connectivity index (χ4n) is 2.44. The maximum atomic E-state index is 10.6. The average Bonchev–Trinajstić information content (AvgIpc) is 2.83. The number of aliphatic carboxylic acids is 1. The van der Waals surface area contributed by atoms with E-state index in [2.05, 4.69) is 24.3 Å². The zero-order valence-corrected chi connectivity index (χ0v) is 11.1. The first-order valence-electron chi connectivity index (χ1n) is 6.84. The number of ether oxygens (including phenoxy) is 1. The lowest BCUT2D eigenvalue weighted by molar-refractivity contribution is -0.138. The van der Waals surface area contributed by atoms with Crippen LogP contribution >= 0.6 is 0 Å². The monoisotopic (exact) mass is 263 g/mol. The van der Waals surface area contributed by atoms with Gasteiger partial charge in [0.1, 0.15) is 0 Å². The van der Waals surface area contributed by atoms with Crippen LogP contribution in [0.25, 0.3) is 0 Å². The van der Waals surface area contributed by atoms with Crippen LogP contribution < -0.4 is 0 Å².